The summed E-state index contributed by atoms with van der Waals surface area (Å²) in [7, 11) is 0. The number of nitrogens with zero attached hydrogens (tertiary/aromatic N) is 2. The average Bonchev–Trinajstić information content (AvgIpc) is 2.36. The molecule has 7 heteroatoms. The fourth-order valence-corrected chi connectivity index (χ4v) is 1.95. The summed E-state index contributed by atoms with van der Waals surface area (Å²) >= 11 is 9.56. The lowest BCUT2D eigenvalue weighted by atomic mass is 10.6. The molecule has 0 saturated carbocycles. The van der Waals surface area contributed by atoms with E-state index in [9.17, 15) is 4.79 Å². The summed E-state index contributed by atoms with van der Waals surface area (Å²) in [6.45, 7) is 3.84. The van der Waals surface area contributed by atoms with E-state index < -0.39 is 5.97 Å². The largest absolute Gasteiger partial charge is 0.480 e. The highest BCUT2D eigenvalue weighted by Gasteiger charge is 2.12. The zero-order valence-corrected chi connectivity index (χ0v) is 12.3. The van der Waals surface area contributed by atoms with Gasteiger partial charge in [-0.15, -0.1) is 0 Å². The molecule has 0 aliphatic carbocycles. The zero-order chi connectivity index (χ0) is 11.3. The zero-order valence-electron chi connectivity index (χ0n) is 7.59. The van der Waals surface area contributed by atoms with Crippen molar-refractivity contribution in [2.24, 2.45) is 0 Å². The topological polar surface area (TPSA) is 55.1 Å². The second-order valence-corrected chi connectivity index (χ2v) is 4.24. The van der Waals surface area contributed by atoms with E-state index >= 15 is 0 Å². The number of halogens is 3. The number of aromatic nitrogens is 2. The van der Waals surface area contributed by atoms with Crippen molar-refractivity contribution < 1.29 is 9.90 Å². The Morgan fingerprint density at radius 3 is 2.21 bits per heavy atom. The van der Waals surface area contributed by atoms with E-state index in [2.05, 4.69) is 52.9 Å². The van der Waals surface area contributed by atoms with Crippen LogP contribution in [0, 0.1) is 0 Å². The maximum atomic E-state index is 10.3. The van der Waals surface area contributed by atoms with Crippen LogP contribution < -0.4 is 0 Å². The van der Waals surface area contributed by atoms with Crippen LogP contribution in [-0.4, -0.2) is 20.9 Å². The minimum Gasteiger partial charge on any atom is -0.480 e. The Labute approximate surface area is 107 Å². The summed E-state index contributed by atoms with van der Waals surface area (Å²) < 4.78 is 3.23. The molecule has 1 aromatic heterocycles. The summed E-state index contributed by atoms with van der Waals surface area (Å²) in [6.07, 6.45) is 0. The SMILES string of the molecule is CC.O=C(O)Cn1nc(Br)c(Br)c1Br. The van der Waals surface area contributed by atoms with Crippen molar-refractivity contribution in [3.8, 4) is 0 Å². The van der Waals surface area contributed by atoms with Gasteiger partial charge >= 0.3 is 5.97 Å². The van der Waals surface area contributed by atoms with E-state index in [1.54, 1.807) is 0 Å². The summed E-state index contributed by atoms with van der Waals surface area (Å²) in [4.78, 5) is 10.3. The first-order valence-corrected chi connectivity index (χ1v) is 6.19. The Balaban J connectivity index is 0.000000791. The first kappa shape index (κ1) is 14.1. The molecule has 0 saturated heterocycles. The molecule has 0 atom stereocenters. The lowest BCUT2D eigenvalue weighted by Crippen LogP contribution is -2.10. The van der Waals surface area contributed by atoms with Crippen LogP contribution in [0.25, 0.3) is 0 Å². The van der Waals surface area contributed by atoms with E-state index in [0.29, 0.717) is 13.7 Å². The van der Waals surface area contributed by atoms with Crippen LogP contribution in [0.3, 0.4) is 0 Å². The average molecular weight is 393 g/mol. The predicted molar refractivity (Wildman–Crippen MR) is 64.3 cm³/mol. The highest BCUT2D eigenvalue weighted by atomic mass is 79.9. The Morgan fingerprint density at radius 2 is 1.93 bits per heavy atom. The molecular formula is C7H9Br3N2O2. The summed E-state index contributed by atoms with van der Waals surface area (Å²) in [5.41, 5.74) is 0. The Morgan fingerprint density at radius 1 is 1.43 bits per heavy atom. The van der Waals surface area contributed by atoms with Gasteiger partial charge in [-0.2, -0.15) is 5.10 Å². The van der Waals surface area contributed by atoms with Gasteiger partial charge in [0.05, 0.1) is 4.47 Å². The standard InChI is InChI=1S/C5H3Br3N2O2.C2H6/c6-3-4(7)9-10(5(3)8)1-2(11)12;1-2/h1H2,(H,11,12);1-2H3. The first-order chi connectivity index (χ1) is 6.52. The van der Waals surface area contributed by atoms with E-state index in [1.165, 1.54) is 4.68 Å². The third kappa shape index (κ3) is 3.70. The van der Waals surface area contributed by atoms with Gasteiger partial charge in [0.15, 0.2) is 0 Å². The molecule has 0 spiro atoms. The van der Waals surface area contributed by atoms with Crippen molar-refractivity contribution >= 4 is 53.8 Å². The van der Waals surface area contributed by atoms with Crippen LogP contribution in [0.15, 0.2) is 13.7 Å². The second-order valence-electron chi connectivity index (χ2n) is 1.95. The van der Waals surface area contributed by atoms with Crippen molar-refractivity contribution in [1.82, 2.24) is 9.78 Å². The fraction of sp³-hybridized carbons (Fsp3) is 0.429. The molecule has 0 radical (unpaired) electrons. The van der Waals surface area contributed by atoms with E-state index in [4.69, 9.17) is 5.11 Å². The van der Waals surface area contributed by atoms with Crippen molar-refractivity contribution in [1.29, 1.82) is 0 Å². The number of aliphatic carboxylic acids is 1. The Bertz CT molecular complexity index is 325. The molecule has 4 nitrogen and oxygen atoms in total. The van der Waals surface area contributed by atoms with Crippen molar-refractivity contribution in [2.75, 3.05) is 0 Å². The van der Waals surface area contributed by atoms with Gasteiger partial charge in [-0.25, -0.2) is 4.68 Å². The Hall–Kier alpha value is 0.120. The van der Waals surface area contributed by atoms with E-state index in [-0.39, 0.29) is 6.54 Å². The van der Waals surface area contributed by atoms with Gasteiger partial charge in [-0.05, 0) is 47.8 Å². The first-order valence-electron chi connectivity index (χ1n) is 3.81. The lowest BCUT2D eigenvalue weighted by molar-refractivity contribution is -0.137. The van der Waals surface area contributed by atoms with Gasteiger partial charge < -0.3 is 5.11 Å². The molecular weight excluding hydrogens is 384 g/mol. The van der Waals surface area contributed by atoms with Gasteiger partial charge in [0.2, 0.25) is 0 Å². The lowest BCUT2D eigenvalue weighted by Gasteiger charge is -1.96. The third-order valence-corrected chi connectivity index (χ3v) is 4.26. The predicted octanol–water partition coefficient (Wildman–Crippen LogP) is 3.28. The molecule has 0 aliphatic heterocycles. The minimum absolute atomic E-state index is 0.162. The van der Waals surface area contributed by atoms with Gasteiger partial charge in [-0.3, -0.25) is 4.79 Å². The number of carbonyl (C=O) groups is 1. The molecule has 0 aliphatic rings. The molecule has 14 heavy (non-hydrogen) atoms. The van der Waals surface area contributed by atoms with Gasteiger partial charge in [-0.1, -0.05) is 13.8 Å². The quantitative estimate of drug-likeness (QED) is 0.840. The molecule has 0 aromatic carbocycles. The maximum absolute atomic E-state index is 10.3. The third-order valence-electron chi connectivity index (χ3n) is 1.08. The summed E-state index contributed by atoms with van der Waals surface area (Å²) in [5.74, 6) is -0.932. The van der Waals surface area contributed by atoms with Gasteiger partial charge in [0, 0.05) is 0 Å². The highest BCUT2D eigenvalue weighted by Crippen LogP contribution is 2.29. The number of carboxylic acids is 1. The maximum Gasteiger partial charge on any atom is 0.325 e. The van der Waals surface area contributed by atoms with Crippen molar-refractivity contribution in [3.05, 3.63) is 13.7 Å². The molecule has 0 unspecified atom stereocenters. The summed E-state index contributed by atoms with van der Waals surface area (Å²) in [5, 5.41) is 12.4. The molecule has 80 valence electrons. The molecule has 1 N–H and O–H groups in total. The minimum atomic E-state index is -0.932. The molecule has 1 aromatic rings. The fourth-order valence-electron chi connectivity index (χ4n) is 0.625. The van der Waals surface area contributed by atoms with Crippen molar-refractivity contribution in [3.63, 3.8) is 0 Å². The number of hydrogen-bond acceptors (Lipinski definition) is 2. The van der Waals surface area contributed by atoms with Crippen LogP contribution in [0.1, 0.15) is 13.8 Å². The molecule has 1 rings (SSSR count). The molecule has 1 heterocycles. The van der Waals surface area contributed by atoms with Gasteiger partial charge in [0.1, 0.15) is 15.8 Å². The smallest absolute Gasteiger partial charge is 0.325 e. The van der Waals surface area contributed by atoms with E-state index in [1.807, 2.05) is 13.8 Å². The van der Waals surface area contributed by atoms with Crippen LogP contribution >= 0.6 is 47.8 Å². The molecule has 0 bridgehead atoms. The van der Waals surface area contributed by atoms with Crippen molar-refractivity contribution in [2.45, 2.75) is 20.4 Å². The summed E-state index contributed by atoms with van der Waals surface area (Å²) in [6, 6.07) is 0. The second kappa shape index (κ2) is 6.58. The number of rotatable bonds is 2. The van der Waals surface area contributed by atoms with E-state index in [0.717, 1.165) is 0 Å². The number of hydrogen-bond donors (Lipinski definition) is 1. The van der Waals surface area contributed by atoms with Crippen LogP contribution in [-0.2, 0) is 11.3 Å². The monoisotopic (exact) mass is 390 g/mol. The number of carboxylic acid groups (broad SMARTS) is 1. The molecule has 0 fully saturated rings. The highest BCUT2D eigenvalue weighted by molar-refractivity contribution is 9.14. The molecule has 0 amide bonds. The van der Waals surface area contributed by atoms with Crippen LogP contribution in [0.2, 0.25) is 0 Å². The normalized spacial score (nSPS) is 9.21. The van der Waals surface area contributed by atoms with Crippen LogP contribution in [0.4, 0.5) is 0 Å². The van der Waals surface area contributed by atoms with Gasteiger partial charge in [0.25, 0.3) is 0 Å². The van der Waals surface area contributed by atoms with Crippen LogP contribution in [0.5, 0.6) is 0 Å². The Kier molecular flexibility index (Phi) is 6.63.